The molecule has 1 aromatic rings. The minimum Gasteiger partial charge on any atom is -0.399 e. The van der Waals surface area contributed by atoms with Crippen molar-refractivity contribution in [3.05, 3.63) is 28.2 Å². The van der Waals surface area contributed by atoms with Gasteiger partial charge in [0, 0.05) is 22.7 Å². The van der Waals surface area contributed by atoms with Gasteiger partial charge in [0.1, 0.15) is 0 Å². The molecular weight excluding hydrogens is 300 g/mol. The molecular formula is C16H23BrN2. The van der Waals surface area contributed by atoms with E-state index in [1.54, 1.807) is 0 Å². The molecule has 2 N–H and O–H groups in total. The van der Waals surface area contributed by atoms with Crippen LogP contribution < -0.4 is 5.73 Å². The number of likely N-dealkylation sites (tertiary alicyclic amines) is 1. The first-order chi connectivity index (χ1) is 9.24. The van der Waals surface area contributed by atoms with Crippen molar-refractivity contribution in [3.8, 4) is 0 Å². The molecule has 3 rings (SSSR count). The molecule has 0 amide bonds. The number of anilines is 1. The average Bonchev–Trinajstić information content (AvgIpc) is 3.03. The monoisotopic (exact) mass is 322 g/mol. The second-order valence-electron chi connectivity index (χ2n) is 6.08. The highest BCUT2D eigenvalue weighted by Crippen LogP contribution is 2.36. The molecule has 19 heavy (non-hydrogen) atoms. The van der Waals surface area contributed by atoms with Gasteiger partial charge >= 0.3 is 0 Å². The normalized spacial score (nSPS) is 25.2. The Hall–Kier alpha value is -0.540. The molecule has 2 fully saturated rings. The maximum absolute atomic E-state index is 5.82. The van der Waals surface area contributed by atoms with Gasteiger partial charge < -0.3 is 5.73 Å². The maximum atomic E-state index is 5.82. The minimum atomic E-state index is 0.826. The average molecular weight is 323 g/mol. The number of nitrogens with two attached hydrogens (primary N) is 1. The van der Waals surface area contributed by atoms with Crippen LogP contribution in [0.25, 0.3) is 0 Å². The summed E-state index contributed by atoms with van der Waals surface area (Å²) in [6.45, 7) is 2.33. The predicted molar refractivity (Wildman–Crippen MR) is 83.9 cm³/mol. The molecule has 0 aromatic heterocycles. The minimum absolute atomic E-state index is 0.826. The summed E-state index contributed by atoms with van der Waals surface area (Å²) < 4.78 is 1.16. The lowest BCUT2D eigenvalue weighted by atomic mass is 9.96. The Bertz CT molecular complexity index is 440. The molecule has 1 aromatic carbocycles. The maximum Gasteiger partial charge on any atom is 0.0325 e. The van der Waals surface area contributed by atoms with Crippen molar-refractivity contribution >= 4 is 21.6 Å². The van der Waals surface area contributed by atoms with Crippen LogP contribution in [-0.4, -0.2) is 17.5 Å². The summed E-state index contributed by atoms with van der Waals surface area (Å²) in [4.78, 5) is 2.70. The SMILES string of the molecule is Nc1ccc(CN2CCCC2C2CCCC2)c(Br)c1. The first-order valence-corrected chi connectivity index (χ1v) is 8.31. The van der Waals surface area contributed by atoms with E-state index in [9.17, 15) is 0 Å². The third kappa shape index (κ3) is 2.97. The topological polar surface area (TPSA) is 29.3 Å². The van der Waals surface area contributed by atoms with E-state index in [-0.39, 0.29) is 0 Å². The first kappa shape index (κ1) is 13.4. The van der Waals surface area contributed by atoms with Crippen molar-refractivity contribution in [2.75, 3.05) is 12.3 Å². The highest BCUT2D eigenvalue weighted by Gasteiger charge is 2.33. The predicted octanol–water partition coefficient (Wildman–Crippen LogP) is 4.19. The molecule has 1 unspecified atom stereocenters. The standard InChI is InChI=1S/C16H23BrN2/c17-15-10-14(18)8-7-13(15)11-19-9-3-6-16(19)12-4-1-2-5-12/h7-8,10,12,16H,1-6,9,11,18H2. The number of halogens is 1. The van der Waals surface area contributed by atoms with Crippen molar-refractivity contribution in [1.29, 1.82) is 0 Å². The fraction of sp³-hybridized carbons (Fsp3) is 0.625. The van der Waals surface area contributed by atoms with E-state index in [0.29, 0.717) is 0 Å². The van der Waals surface area contributed by atoms with Crippen molar-refractivity contribution in [2.45, 2.75) is 51.1 Å². The highest BCUT2D eigenvalue weighted by molar-refractivity contribution is 9.10. The first-order valence-electron chi connectivity index (χ1n) is 7.52. The summed E-state index contributed by atoms with van der Waals surface area (Å²) in [5.41, 5.74) is 8.03. The van der Waals surface area contributed by atoms with Gasteiger partial charge in [-0.15, -0.1) is 0 Å². The van der Waals surface area contributed by atoms with Crippen molar-refractivity contribution in [3.63, 3.8) is 0 Å². The number of nitrogen functional groups attached to an aromatic ring is 1. The smallest absolute Gasteiger partial charge is 0.0325 e. The zero-order chi connectivity index (χ0) is 13.2. The van der Waals surface area contributed by atoms with Gasteiger partial charge in [0.15, 0.2) is 0 Å². The summed E-state index contributed by atoms with van der Waals surface area (Å²) >= 11 is 3.65. The molecule has 104 valence electrons. The quantitative estimate of drug-likeness (QED) is 0.845. The van der Waals surface area contributed by atoms with Gasteiger partial charge in [0.05, 0.1) is 0 Å². The van der Waals surface area contributed by atoms with Crippen LogP contribution in [0.2, 0.25) is 0 Å². The van der Waals surface area contributed by atoms with Crippen LogP contribution in [0, 0.1) is 5.92 Å². The van der Waals surface area contributed by atoms with Gasteiger partial charge in [0.25, 0.3) is 0 Å². The molecule has 2 aliphatic rings. The van der Waals surface area contributed by atoms with Gasteiger partial charge in [0.2, 0.25) is 0 Å². The Kier molecular flexibility index (Phi) is 4.13. The summed E-state index contributed by atoms with van der Waals surface area (Å²) in [6.07, 6.45) is 8.56. The lowest BCUT2D eigenvalue weighted by Crippen LogP contribution is -2.34. The van der Waals surface area contributed by atoms with Gasteiger partial charge in [-0.3, -0.25) is 4.90 Å². The van der Waals surface area contributed by atoms with Crippen LogP contribution in [0.3, 0.4) is 0 Å². The van der Waals surface area contributed by atoms with Gasteiger partial charge in [-0.1, -0.05) is 34.8 Å². The summed E-state index contributed by atoms with van der Waals surface area (Å²) in [5, 5.41) is 0. The fourth-order valence-corrected chi connectivity index (χ4v) is 4.36. The lowest BCUT2D eigenvalue weighted by molar-refractivity contribution is 0.183. The molecule has 1 heterocycles. The van der Waals surface area contributed by atoms with Gasteiger partial charge in [-0.2, -0.15) is 0 Å². The van der Waals surface area contributed by atoms with E-state index in [1.807, 2.05) is 12.1 Å². The van der Waals surface area contributed by atoms with Crippen LogP contribution in [-0.2, 0) is 6.54 Å². The lowest BCUT2D eigenvalue weighted by Gasteiger charge is -2.29. The van der Waals surface area contributed by atoms with Gasteiger partial charge in [-0.25, -0.2) is 0 Å². The Balaban J connectivity index is 1.70. The Morgan fingerprint density at radius 1 is 1.16 bits per heavy atom. The molecule has 3 heteroatoms. The van der Waals surface area contributed by atoms with Gasteiger partial charge in [-0.05, 0) is 55.8 Å². The van der Waals surface area contributed by atoms with Crippen molar-refractivity contribution < 1.29 is 0 Å². The molecule has 1 aliphatic carbocycles. The van der Waals surface area contributed by atoms with Crippen molar-refractivity contribution in [1.82, 2.24) is 4.90 Å². The fourth-order valence-electron chi connectivity index (χ4n) is 3.83. The zero-order valence-corrected chi connectivity index (χ0v) is 13.0. The second kappa shape index (κ2) is 5.84. The van der Waals surface area contributed by atoms with E-state index < -0.39 is 0 Å². The third-order valence-electron chi connectivity index (χ3n) is 4.81. The van der Waals surface area contributed by atoms with E-state index in [1.165, 1.54) is 50.6 Å². The van der Waals surface area contributed by atoms with Crippen molar-refractivity contribution in [2.24, 2.45) is 5.92 Å². The molecule has 0 radical (unpaired) electrons. The number of hydrogen-bond donors (Lipinski definition) is 1. The summed E-state index contributed by atoms with van der Waals surface area (Å²) in [6, 6.07) is 7.03. The number of benzene rings is 1. The zero-order valence-electron chi connectivity index (χ0n) is 11.4. The Labute approximate surface area is 124 Å². The Morgan fingerprint density at radius 3 is 2.68 bits per heavy atom. The molecule has 1 saturated heterocycles. The second-order valence-corrected chi connectivity index (χ2v) is 6.93. The van der Waals surface area contributed by atoms with E-state index >= 15 is 0 Å². The van der Waals surface area contributed by atoms with E-state index in [4.69, 9.17) is 5.73 Å². The molecule has 1 atom stereocenters. The summed E-state index contributed by atoms with van der Waals surface area (Å²) in [5.74, 6) is 0.954. The molecule has 0 bridgehead atoms. The molecule has 1 aliphatic heterocycles. The van der Waals surface area contributed by atoms with Crippen LogP contribution in [0.1, 0.15) is 44.1 Å². The Morgan fingerprint density at radius 2 is 1.95 bits per heavy atom. The number of hydrogen-bond acceptors (Lipinski definition) is 2. The number of nitrogens with zero attached hydrogens (tertiary/aromatic N) is 1. The molecule has 2 nitrogen and oxygen atoms in total. The van der Waals surface area contributed by atoms with Crippen LogP contribution in [0.5, 0.6) is 0 Å². The number of rotatable bonds is 3. The summed E-state index contributed by atoms with van der Waals surface area (Å²) in [7, 11) is 0. The van der Waals surface area contributed by atoms with Crippen LogP contribution in [0.4, 0.5) is 5.69 Å². The molecule has 1 saturated carbocycles. The highest BCUT2D eigenvalue weighted by atomic mass is 79.9. The largest absolute Gasteiger partial charge is 0.399 e. The van der Waals surface area contributed by atoms with E-state index in [2.05, 4.69) is 26.9 Å². The van der Waals surface area contributed by atoms with E-state index in [0.717, 1.165) is 28.7 Å². The third-order valence-corrected chi connectivity index (χ3v) is 5.55. The van der Waals surface area contributed by atoms with Crippen LogP contribution >= 0.6 is 15.9 Å². The molecule has 0 spiro atoms. The van der Waals surface area contributed by atoms with Crippen LogP contribution in [0.15, 0.2) is 22.7 Å².